The molecule has 0 bridgehead atoms. The fraction of sp³-hybridized carbons (Fsp3) is 0.273. The zero-order chi connectivity index (χ0) is 15.3. The van der Waals surface area contributed by atoms with Crippen molar-refractivity contribution in [1.82, 2.24) is 5.32 Å². The van der Waals surface area contributed by atoms with Crippen LogP contribution in [-0.4, -0.2) is 35.0 Å². The molecular weight excluding hydrogens is 290 g/mol. The Bertz CT molecular complexity index is 561. The zero-order valence-corrected chi connectivity index (χ0v) is 11.2. The molecule has 8 nitrogen and oxygen atoms in total. The molecule has 0 spiro atoms. The third kappa shape index (κ3) is 3.82. The van der Waals surface area contributed by atoms with Crippen molar-refractivity contribution in [3.8, 4) is 0 Å². The number of carbonyl (C=O) groups is 2. The van der Waals surface area contributed by atoms with Gasteiger partial charge in [-0.3, -0.25) is 14.9 Å². The van der Waals surface area contributed by atoms with Gasteiger partial charge in [-0.25, -0.2) is 4.79 Å². The van der Waals surface area contributed by atoms with E-state index in [1.54, 1.807) is 6.92 Å². The van der Waals surface area contributed by atoms with E-state index in [-0.39, 0.29) is 28.7 Å². The number of anilines is 1. The highest BCUT2D eigenvalue weighted by Crippen LogP contribution is 2.31. The minimum atomic E-state index is -1.38. The first-order valence-corrected chi connectivity index (χ1v) is 5.96. The molecule has 0 aliphatic rings. The van der Waals surface area contributed by atoms with Gasteiger partial charge in [-0.2, -0.15) is 0 Å². The zero-order valence-electron chi connectivity index (χ0n) is 10.5. The first-order chi connectivity index (χ1) is 9.36. The Labute approximate surface area is 118 Å². The number of carboxylic acid groups (broad SMARTS) is 1. The van der Waals surface area contributed by atoms with Crippen molar-refractivity contribution in [1.29, 1.82) is 0 Å². The number of non-ortho nitro benzene ring substituents is 1. The molecule has 3 N–H and O–H groups in total. The summed E-state index contributed by atoms with van der Waals surface area (Å²) >= 11 is 5.82. The lowest BCUT2D eigenvalue weighted by Gasteiger charge is -2.11. The van der Waals surface area contributed by atoms with Crippen LogP contribution in [0.4, 0.5) is 11.4 Å². The molecule has 0 atom stereocenters. The number of nitrogens with one attached hydrogen (secondary N) is 2. The van der Waals surface area contributed by atoms with Crippen LogP contribution in [0, 0.1) is 10.1 Å². The van der Waals surface area contributed by atoms with Gasteiger partial charge in [-0.05, 0) is 6.92 Å². The van der Waals surface area contributed by atoms with Crippen LogP contribution in [0.3, 0.4) is 0 Å². The van der Waals surface area contributed by atoms with Gasteiger partial charge in [-0.1, -0.05) is 11.6 Å². The minimum Gasteiger partial charge on any atom is -0.478 e. The lowest BCUT2D eigenvalue weighted by atomic mass is 10.1. The number of rotatable bonds is 6. The number of nitro groups is 1. The Hall–Kier alpha value is -2.35. The molecule has 20 heavy (non-hydrogen) atoms. The molecule has 1 amide bonds. The van der Waals surface area contributed by atoms with E-state index >= 15 is 0 Å². The molecule has 9 heteroatoms. The van der Waals surface area contributed by atoms with Crippen LogP contribution in [0.25, 0.3) is 0 Å². The molecule has 0 saturated heterocycles. The molecule has 0 unspecified atom stereocenters. The highest BCUT2D eigenvalue weighted by molar-refractivity contribution is 6.34. The van der Waals surface area contributed by atoms with Gasteiger partial charge in [0.25, 0.3) is 5.69 Å². The Morgan fingerprint density at radius 2 is 2.10 bits per heavy atom. The standard InChI is InChI=1S/C11H12ClN3O5/c1-2-13-9(16)5-14-10-7(11(17)18)3-6(15(19)20)4-8(10)12/h3-4,14H,2,5H2,1H3,(H,13,16)(H,17,18). The van der Waals surface area contributed by atoms with Crippen molar-refractivity contribution in [2.45, 2.75) is 6.92 Å². The fourth-order valence-electron chi connectivity index (χ4n) is 1.47. The normalized spacial score (nSPS) is 9.90. The van der Waals surface area contributed by atoms with Crippen molar-refractivity contribution in [3.05, 3.63) is 32.8 Å². The van der Waals surface area contributed by atoms with E-state index in [2.05, 4.69) is 10.6 Å². The second-order valence-corrected chi connectivity index (χ2v) is 4.13. The number of nitro benzene ring substituents is 1. The lowest BCUT2D eigenvalue weighted by Crippen LogP contribution is -2.29. The number of nitrogens with zero attached hydrogens (tertiary/aromatic N) is 1. The van der Waals surface area contributed by atoms with Crippen LogP contribution in [0.15, 0.2) is 12.1 Å². The van der Waals surface area contributed by atoms with E-state index < -0.39 is 16.6 Å². The Balaban J connectivity index is 3.08. The van der Waals surface area contributed by atoms with Gasteiger partial charge < -0.3 is 15.7 Å². The number of hydrogen-bond acceptors (Lipinski definition) is 5. The molecule has 0 radical (unpaired) electrons. The van der Waals surface area contributed by atoms with Gasteiger partial charge in [0, 0.05) is 18.7 Å². The van der Waals surface area contributed by atoms with Crippen molar-refractivity contribution >= 4 is 34.9 Å². The van der Waals surface area contributed by atoms with Gasteiger partial charge in [0.05, 0.1) is 27.7 Å². The van der Waals surface area contributed by atoms with E-state index in [1.807, 2.05) is 0 Å². The maximum absolute atomic E-state index is 11.3. The SMILES string of the molecule is CCNC(=O)CNc1c(Cl)cc([N+](=O)[O-])cc1C(=O)O. The molecule has 0 fully saturated rings. The Kier molecular flexibility index (Phi) is 5.27. The smallest absolute Gasteiger partial charge is 0.338 e. The maximum Gasteiger partial charge on any atom is 0.338 e. The molecule has 0 aromatic heterocycles. The number of aromatic carboxylic acids is 1. The van der Waals surface area contributed by atoms with Crippen LogP contribution >= 0.6 is 11.6 Å². The molecule has 1 rings (SSSR count). The first kappa shape index (κ1) is 15.7. The molecule has 1 aromatic rings. The summed E-state index contributed by atoms with van der Waals surface area (Å²) < 4.78 is 0. The largest absolute Gasteiger partial charge is 0.478 e. The topological polar surface area (TPSA) is 122 Å². The number of benzene rings is 1. The third-order valence-corrected chi connectivity index (χ3v) is 2.61. The summed E-state index contributed by atoms with van der Waals surface area (Å²) in [5, 5.41) is 24.6. The van der Waals surface area contributed by atoms with Gasteiger partial charge >= 0.3 is 5.97 Å². The van der Waals surface area contributed by atoms with E-state index in [1.165, 1.54) is 0 Å². The van der Waals surface area contributed by atoms with Crippen molar-refractivity contribution in [3.63, 3.8) is 0 Å². The number of hydrogen-bond donors (Lipinski definition) is 3. The molecule has 0 saturated carbocycles. The summed E-state index contributed by atoms with van der Waals surface area (Å²) in [6.07, 6.45) is 0. The predicted octanol–water partition coefficient (Wildman–Crippen LogP) is 1.49. The number of carbonyl (C=O) groups excluding carboxylic acids is 1. The number of carboxylic acids is 1. The quantitative estimate of drug-likeness (QED) is 0.540. The van der Waals surface area contributed by atoms with Crippen molar-refractivity contribution in [2.24, 2.45) is 0 Å². The highest BCUT2D eigenvalue weighted by Gasteiger charge is 2.20. The lowest BCUT2D eigenvalue weighted by molar-refractivity contribution is -0.384. The summed E-state index contributed by atoms with van der Waals surface area (Å²) in [6.45, 7) is 1.98. The van der Waals surface area contributed by atoms with Crippen LogP contribution in [0.5, 0.6) is 0 Å². The second kappa shape index (κ2) is 6.71. The van der Waals surface area contributed by atoms with Crippen LogP contribution in [0.2, 0.25) is 5.02 Å². The van der Waals surface area contributed by atoms with E-state index in [0.717, 1.165) is 12.1 Å². The third-order valence-electron chi connectivity index (χ3n) is 2.32. The number of likely N-dealkylation sites (N-methyl/N-ethyl adjacent to an activating group) is 1. The molecule has 0 aliphatic heterocycles. The average Bonchev–Trinajstić information content (AvgIpc) is 2.36. The summed E-state index contributed by atoms with van der Waals surface area (Å²) in [4.78, 5) is 32.3. The van der Waals surface area contributed by atoms with Gasteiger partial charge in [0.1, 0.15) is 0 Å². The van der Waals surface area contributed by atoms with E-state index in [0.29, 0.717) is 6.54 Å². The van der Waals surface area contributed by atoms with Crippen LogP contribution in [0.1, 0.15) is 17.3 Å². The van der Waals surface area contributed by atoms with Crippen LogP contribution in [-0.2, 0) is 4.79 Å². The molecule has 108 valence electrons. The van der Waals surface area contributed by atoms with Gasteiger partial charge in [0.15, 0.2) is 0 Å². The Morgan fingerprint density at radius 1 is 1.45 bits per heavy atom. The van der Waals surface area contributed by atoms with Crippen LogP contribution < -0.4 is 10.6 Å². The average molecular weight is 302 g/mol. The van der Waals surface area contributed by atoms with Gasteiger partial charge in [0.2, 0.25) is 5.91 Å². The summed E-state index contributed by atoms with van der Waals surface area (Å²) in [5.41, 5.74) is -0.833. The Morgan fingerprint density at radius 3 is 2.60 bits per heavy atom. The summed E-state index contributed by atoms with van der Waals surface area (Å²) in [6, 6.07) is 1.91. The van der Waals surface area contributed by atoms with Crippen molar-refractivity contribution < 1.29 is 19.6 Å². The maximum atomic E-state index is 11.3. The first-order valence-electron chi connectivity index (χ1n) is 5.58. The fourth-order valence-corrected chi connectivity index (χ4v) is 1.75. The van der Waals surface area contributed by atoms with Gasteiger partial charge in [-0.15, -0.1) is 0 Å². The molecule has 0 aliphatic carbocycles. The number of halogens is 1. The predicted molar refractivity (Wildman–Crippen MR) is 72.2 cm³/mol. The van der Waals surface area contributed by atoms with Crippen molar-refractivity contribution in [2.75, 3.05) is 18.4 Å². The molecule has 0 heterocycles. The monoisotopic (exact) mass is 301 g/mol. The highest BCUT2D eigenvalue weighted by atomic mass is 35.5. The summed E-state index contributed by atoms with van der Waals surface area (Å²) in [7, 11) is 0. The van der Waals surface area contributed by atoms with E-state index in [4.69, 9.17) is 16.7 Å². The molecular formula is C11H12ClN3O5. The number of amides is 1. The minimum absolute atomic E-state index is 0.0315. The summed E-state index contributed by atoms with van der Waals surface area (Å²) in [5.74, 6) is -1.73. The van der Waals surface area contributed by atoms with E-state index in [9.17, 15) is 19.7 Å². The molecule has 1 aromatic carbocycles. The second-order valence-electron chi connectivity index (χ2n) is 3.72.